The summed E-state index contributed by atoms with van der Waals surface area (Å²) in [6.07, 6.45) is 2.25. The number of aliphatic carboxylic acids is 1. The molecule has 0 saturated carbocycles. The molecule has 0 aromatic carbocycles. The summed E-state index contributed by atoms with van der Waals surface area (Å²) in [5.41, 5.74) is 5.89. The number of hydrogen-bond donors (Lipinski definition) is 2. The zero-order chi connectivity index (χ0) is 13.0. The fourth-order valence-electron chi connectivity index (χ4n) is 2.09. The van der Waals surface area contributed by atoms with Crippen LogP contribution in [0.25, 0.3) is 0 Å². The molecule has 0 spiro atoms. The van der Waals surface area contributed by atoms with Crippen molar-refractivity contribution in [3.8, 4) is 0 Å². The minimum atomic E-state index is -0.820. The van der Waals surface area contributed by atoms with Crippen molar-refractivity contribution in [1.29, 1.82) is 0 Å². The van der Waals surface area contributed by atoms with Crippen molar-refractivity contribution in [3.63, 3.8) is 0 Å². The van der Waals surface area contributed by atoms with Gasteiger partial charge in [-0.25, -0.2) is 0 Å². The molecule has 1 amide bonds. The Hall–Kier alpha value is -1.10. The lowest BCUT2D eigenvalue weighted by Gasteiger charge is -2.33. The van der Waals surface area contributed by atoms with Gasteiger partial charge < -0.3 is 15.7 Å². The van der Waals surface area contributed by atoms with Crippen LogP contribution in [-0.4, -0.2) is 41.0 Å². The van der Waals surface area contributed by atoms with Gasteiger partial charge in [0.2, 0.25) is 5.91 Å². The quantitative estimate of drug-likeness (QED) is 0.759. The molecule has 17 heavy (non-hydrogen) atoms. The summed E-state index contributed by atoms with van der Waals surface area (Å²) in [6, 6.07) is -0.507. The number of amides is 1. The van der Waals surface area contributed by atoms with Gasteiger partial charge in [-0.3, -0.25) is 9.59 Å². The van der Waals surface area contributed by atoms with Gasteiger partial charge in [-0.05, 0) is 18.8 Å². The van der Waals surface area contributed by atoms with E-state index in [0.717, 1.165) is 12.8 Å². The second kappa shape index (κ2) is 6.00. The summed E-state index contributed by atoms with van der Waals surface area (Å²) < 4.78 is 0. The summed E-state index contributed by atoms with van der Waals surface area (Å²) in [7, 11) is 0. The van der Waals surface area contributed by atoms with E-state index in [9.17, 15) is 9.59 Å². The molecule has 0 aliphatic carbocycles. The van der Waals surface area contributed by atoms with Crippen molar-refractivity contribution in [2.75, 3.05) is 13.1 Å². The Morgan fingerprint density at radius 3 is 2.71 bits per heavy atom. The van der Waals surface area contributed by atoms with Crippen LogP contribution >= 0.6 is 0 Å². The molecule has 0 bridgehead atoms. The van der Waals surface area contributed by atoms with Gasteiger partial charge in [-0.2, -0.15) is 0 Å². The molecule has 1 saturated heterocycles. The van der Waals surface area contributed by atoms with Crippen LogP contribution in [0.4, 0.5) is 0 Å². The van der Waals surface area contributed by atoms with Gasteiger partial charge in [0.25, 0.3) is 0 Å². The van der Waals surface area contributed by atoms with E-state index in [-0.39, 0.29) is 11.8 Å². The third kappa shape index (κ3) is 3.43. The highest BCUT2D eigenvalue weighted by Crippen LogP contribution is 2.18. The van der Waals surface area contributed by atoms with E-state index in [1.54, 1.807) is 4.90 Å². The second-order valence-electron chi connectivity index (χ2n) is 4.87. The molecule has 1 unspecified atom stereocenters. The lowest BCUT2D eigenvalue weighted by Crippen LogP contribution is -2.51. The standard InChI is InChI=1S/C12H22N2O3/c1-3-8(2)10(13)11(15)14-6-4-5-9(7-14)12(16)17/h8-10H,3-7,13H2,1-2H3,(H,16,17)/t8-,9?,10-/m0/s1. The zero-order valence-electron chi connectivity index (χ0n) is 10.6. The van der Waals surface area contributed by atoms with E-state index in [0.29, 0.717) is 19.5 Å². The molecule has 0 aromatic rings. The minimum absolute atomic E-state index is 0.106. The number of rotatable bonds is 4. The Morgan fingerprint density at radius 2 is 2.18 bits per heavy atom. The molecular formula is C12H22N2O3. The predicted molar refractivity (Wildman–Crippen MR) is 64.4 cm³/mol. The fourth-order valence-corrected chi connectivity index (χ4v) is 2.09. The lowest BCUT2D eigenvalue weighted by atomic mass is 9.94. The first-order valence-electron chi connectivity index (χ1n) is 6.24. The third-order valence-electron chi connectivity index (χ3n) is 3.62. The van der Waals surface area contributed by atoms with E-state index < -0.39 is 17.9 Å². The van der Waals surface area contributed by atoms with E-state index in [2.05, 4.69) is 0 Å². The van der Waals surface area contributed by atoms with Crippen LogP contribution < -0.4 is 5.73 Å². The summed E-state index contributed by atoms with van der Waals surface area (Å²) in [5, 5.41) is 8.96. The number of likely N-dealkylation sites (tertiary alicyclic amines) is 1. The van der Waals surface area contributed by atoms with E-state index in [4.69, 9.17) is 10.8 Å². The third-order valence-corrected chi connectivity index (χ3v) is 3.62. The molecule has 5 heteroatoms. The minimum Gasteiger partial charge on any atom is -0.481 e. The van der Waals surface area contributed by atoms with Crippen LogP contribution in [0.3, 0.4) is 0 Å². The molecule has 0 aromatic heterocycles. The number of carbonyl (C=O) groups is 2. The topological polar surface area (TPSA) is 83.6 Å². The normalized spacial score (nSPS) is 24.2. The molecule has 3 N–H and O–H groups in total. The van der Waals surface area contributed by atoms with Crippen LogP contribution in [0.1, 0.15) is 33.1 Å². The number of piperidine rings is 1. The summed E-state index contributed by atoms with van der Waals surface area (Å²) in [4.78, 5) is 24.6. The Morgan fingerprint density at radius 1 is 1.53 bits per heavy atom. The summed E-state index contributed by atoms with van der Waals surface area (Å²) >= 11 is 0. The largest absolute Gasteiger partial charge is 0.481 e. The molecule has 0 radical (unpaired) electrons. The van der Waals surface area contributed by atoms with Gasteiger partial charge in [-0.1, -0.05) is 20.3 Å². The highest BCUT2D eigenvalue weighted by atomic mass is 16.4. The van der Waals surface area contributed by atoms with Gasteiger partial charge in [-0.15, -0.1) is 0 Å². The smallest absolute Gasteiger partial charge is 0.308 e. The van der Waals surface area contributed by atoms with Crippen LogP contribution in [0.2, 0.25) is 0 Å². The van der Waals surface area contributed by atoms with E-state index in [1.165, 1.54) is 0 Å². The number of hydrogen-bond acceptors (Lipinski definition) is 3. The molecule has 1 aliphatic rings. The molecule has 5 nitrogen and oxygen atoms in total. The SMILES string of the molecule is CC[C@H](C)[C@H](N)C(=O)N1CCCC(C(=O)O)C1. The van der Waals surface area contributed by atoms with Crippen molar-refractivity contribution in [1.82, 2.24) is 4.90 Å². The first-order chi connectivity index (χ1) is 7.97. The zero-order valence-corrected chi connectivity index (χ0v) is 10.6. The van der Waals surface area contributed by atoms with Gasteiger partial charge in [0.15, 0.2) is 0 Å². The van der Waals surface area contributed by atoms with Crippen molar-refractivity contribution in [2.45, 2.75) is 39.2 Å². The van der Waals surface area contributed by atoms with Crippen LogP contribution in [-0.2, 0) is 9.59 Å². The van der Waals surface area contributed by atoms with Gasteiger partial charge in [0.05, 0.1) is 12.0 Å². The van der Waals surface area contributed by atoms with Crippen molar-refractivity contribution in [2.24, 2.45) is 17.6 Å². The number of nitrogens with two attached hydrogens (primary N) is 1. The molecular weight excluding hydrogens is 220 g/mol. The fraction of sp³-hybridized carbons (Fsp3) is 0.833. The van der Waals surface area contributed by atoms with Crippen LogP contribution in [0, 0.1) is 11.8 Å². The van der Waals surface area contributed by atoms with Crippen molar-refractivity contribution >= 4 is 11.9 Å². The maximum atomic E-state index is 12.1. The Balaban J connectivity index is 2.60. The second-order valence-corrected chi connectivity index (χ2v) is 4.87. The van der Waals surface area contributed by atoms with Gasteiger partial charge in [0.1, 0.15) is 0 Å². The highest BCUT2D eigenvalue weighted by Gasteiger charge is 2.31. The highest BCUT2D eigenvalue weighted by molar-refractivity contribution is 5.82. The van der Waals surface area contributed by atoms with Crippen molar-refractivity contribution in [3.05, 3.63) is 0 Å². The van der Waals surface area contributed by atoms with E-state index >= 15 is 0 Å². The molecule has 3 atom stereocenters. The lowest BCUT2D eigenvalue weighted by molar-refractivity contribution is -0.146. The van der Waals surface area contributed by atoms with Crippen LogP contribution in [0.15, 0.2) is 0 Å². The number of nitrogens with zero attached hydrogens (tertiary/aromatic N) is 1. The maximum absolute atomic E-state index is 12.1. The molecule has 1 heterocycles. The predicted octanol–water partition coefficient (Wildman–Crippen LogP) is 0.683. The Labute approximate surface area is 102 Å². The summed E-state index contributed by atoms with van der Waals surface area (Å²) in [5.74, 6) is -1.23. The number of carboxylic acids is 1. The molecule has 1 fully saturated rings. The number of carboxylic acid groups (broad SMARTS) is 1. The summed E-state index contributed by atoms with van der Waals surface area (Å²) in [6.45, 7) is 4.88. The average molecular weight is 242 g/mol. The number of carbonyl (C=O) groups excluding carboxylic acids is 1. The Kier molecular flexibility index (Phi) is 4.93. The van der Waals surface area contributed by atoms with Crippen LogP contribution in [0.5, 0.6) is 0 Å². The maximum Gasteiger partial charge on any atom is 0.308 e. The monoisotopic (exact) mass is 242 g/mol. The average Bonchev–Trinajstić information content (AvgIpc) is 2.36. The molecule has 98 valence electrons. The first kappa shape index (κ1) is 14.0. The van der Waals surface area contributed by atoms with E-state index in [1.807, 2.05) is 13.8 Å². The Bertz CT molecular complexity index is 293. The molecule has 1 aliphatic heterocycles. The van der Waals surface area contributed by atoms with Crippen molar-refractivity contribution < 1.29 is 14.7 Å². The first-order valence-corrected chi connectivity index (χ1v) is 6.24. The van der Waals surface area contributed by atoms with Gasteiger partial charge >= 0.3 is 5.97 Å². The van der Waals surface area contributed by atoms with Gasteiger partial charge in [0, 0.05) is 13.1 Å². The molecule has 1 rings (SSSR count).